The molecule has 1 aliphatic rings. The Labute approximate surface area is 159 Å². The van der Waals surface area contributed by atoms with E-state index in [1.54, 1.807) is 31.2 Å². The predicted octanol–water partition coefficient (Wildman–Crippen LogP) is 4.10. The standard InChI is InChI=1S/C21H16FNO5/c1-12-8-9-16(28-12)19(24)17-18(14-6-2-3-7-15(14)22)23(21(26)20(17)25)11-13-5-4-10-27-13/h2-10,18,25H,11H2,1H3. The minimum absolute atomic E-state index is 0.0342. The highest BCUT2D eigenvalue weighted by Crippen LogP contribution is 2.40. The Balaban J connectivity index is 1.83. The number of ketones is 1. The maximum atomic E-state index is 14.6. The van der Waals surface area contributed by atoms with Crippen LogP contribution in [-0.4, -0.2) is 21.7 Å². The molecule has 0 fully saturated rings. The van der Waals surface area contributed by atoms with Gasteiger partial charge in [0.15, 0.2) is 11.5 Å². The van der Waals surface area contributed by atoms with E-state index >= 15 is 0 Å². The lowest BCUT2D eigenvalue weighted by atomic mass is 9.94. The maximum absolute atomic E-state index is 14.6. The Kier molecular flexibility index (Phi) is 4.35. The smallest absolute Gasteiger partial charge is 0.290 e. The number of rotatable bonds is 5. The van der Waals surface area contributed by atoms with E-state index < -0.39 is 29.3 Å². The SMILES string of the molecule is Cc1ccc(C(=O)C2=C(O)C(=O)N(Cc3ccco3)C2c2ccccc2F)o1. The molecule has 7 heteroatoms. The number of nitrogens with zero attached hydrogens (tertiary/aromatic N) is 1. The molecular formula is C21H16FNO5. The molecule has 0 radical (unpaired) electrons. The highest BCUT2D eigenvalue weighted by molar-refractivity contribution is 6.15. The number of aliphatic hydroxyl groups is 1. The van der Waals surface area contributed by atoms with Crippen LogP contribution in [0.1, 0.15) is 33.7 Å². The predicted molar refractivity (Wildman–Crippen MR) is 95.8 cm³/mol. The van der Waals surface area contributed by atoms with Crippen LogP contribution in [0.15, 0.2) is 75.0 Å². The summed E-state index contributed by atoms with van der Waals surface area (Å²) in [7, 11) is 0. The molecule has 1 amide bonds. The second kappa shape index (κ2) is 6.84. The summed E-state index contributed by atoms with van der Waals surface area (Å²) in [6.45, 7) is 1.63. The van der Waals surface area contributed by atoms with Crippen molar-refractivity contribution in [3.63, 3.8) is 0 Å². The molecule has 2 aromatic heterocycles. The lowest BCUT2D eigenvalue weighted by Crippen LogP contribution is -2.31. The van der Waals surface area contributed by atoms with Gasteiger partial charge in [0.1, 0.15) is 17.3 Å². The van der Waals surface area contributed by atoms with Gasteiger partial charge in [0.2, 0.25) is 5.78 Å². The molecule has 0 bridgehead atoms. The molecule has 1 atom stereocenters. The van der Waals surface area contributed by atoms with Crippen molar-refractivity contribution in [2.24, 2.45) is 0 Å². The van der Waals surface area contributed by atoms with Crippen molar-refractivity contribution in [1.82, 2.24) is 4.90 Å². The van der Waals surface area contributed by atoms with E-state index in [0.717, 1.165) is 0 Å². The van der Waals surface area contributed by atoms with Crippen molar-refractivity contribution in [2.45, 2.75) is 19.5 Å². The van der Waals surface area contributed by atoms with Crippen molar-refractivity contribution in [3.05, 3.63) is 94.8 Å². The van der Waals surface area contributed by atoms with Crippen LogP contribution in [0.25, 0.3) is 0 Å². The summed E-state index contributed by atoms with van der Waals surface area (Å²) < 4.78 is 25.2. The molecule has 0 spiro atoms. The van der Waals surface area contributed by atoms with Crippen molar-refractivity contribution < 1.29 is 27.9 Å². The molecule has 1 aliphatic heterocycles. The van der Waals surface area contributed by atoms with Crippen molar-refractivity contribution in [2.75, 3.05) is 0 Å². The molecule has 4 rings (SSSR count). The van der Waals surface area contributed by atoms with E-state index in [1.165, 1.54) is 35.4 Å². The Morgan fingerprint density at radius 2 is 1.96 bits per heavy atom. The number of benzene rings is 1. The van der Waals surface area contributed by atoms with E-state index in [2.05, 4.69) is 0 Å². The highest BCUT2D eigenvalue weighted by atomic mass is 19.1. The van der Waals surface area contributed by atoms with E-state index in [0.29, 0.717) is 11.5 Å². The second-order valence-corrected chi connectivity index (χ2v) is 6.44. The number of halogens is 1. The van der Waals surface area contributed by atoms with Gasteiger partial charge in [-0.25, -0.2) is 4.39 Å². The zero-order valence-electron chi connectivity index (χ0n) is 14.9. The molecule has 1 N–H and O–H groups in total. The van der Waals surface area contributed by atoms with Crippen LogP contribution in [0, 0.1) is 12.7 Å². The van der Waals surface area contributed by atoms with Crippen molar-refractivity contribution in [1.29, 1.82) is 0 Å². The van der Waals surface area contributed by atoms with Gasteiger partial charge in [0, 0.05) is 5.56 Å². The number of hydrogen-bond acceptors (Lipinski definition) is 5. The van der Waals surface area contributed by atoms with Crippen LogP contribution in [0.5, 0.6) is 0 Å². The minimum Gasteiger partial charge on any atom is -0.503 e. The first-order chi connectivity index (χ1) is 13.5. The van der Waals surface area contributed by atoms with Crippen LogP contribution in [-0.2, 0) is 11.3 Å². The Bertz CT molecular complexity index is 1080. The van der Waals surface area contributed by atoms with Gasteiger partial charge in [-0.15, -0.1) is 0 Å². The van der Waals surface area contributed by atoms with E-state index in [4.69, 9.17) is 8.83 Å². The first-order valence-corrected chi connectivity index (χ1v) is 8.59. The Hall–Kier alpha value is -3.61. The summed E-state index contributed by atoms with van der Waals surface area (Å²) in [4.78, 5) is 27.0. The van der Waals surface area contributed by atoms with Crippen molar-refractivity contribution in [3.8, 4) is 0 Å². The summed E-state index contributed by atoms with van der Waals surface area (Å²) >= 11 is 0. The molecule has 6 nitrogen and oxygen atoms in total. The number of furan rings is 2. The fourth-order valence-electron chi connectivity index (χ4n) is 3.33. The van der Waals surface area contributed by atoms with E-state index in [-0.39, 0.29) is 23.4 Å². The molecule has 0 aliphatic carbocycles. The Morgan fingerprint density at radius 1 is 1.18 bits per heavy atom. The lowest BCUT2D eigenvalue weighted by Gasteiger charge is -2.26. The monoisotopic (exact) mass is 381 g/mol. The number of carbonyl (C=O) groups excluding carboxylic acids is 2. The quantitative estimate of drug-likeness (QED) is 0.673. The second-order valence-electron chi connectivity index (χ2n) is 6.44. The van der Waals surface area contributed by atoms with Gasteiger partial charge < -0.3 is 18.8 Å². The number of Topliss-reactive ketones (excluding diaryl/α,β-unsaturated/α-hetero) is 1. The summed E-state index contributed by atoms with van der Waals surface area (Å²) in [5.74, 6) is -1.87. The summed E-state index contributed by atoms with van der Waals surface area (Å²) in [5.41, 5.74) is -0.130. The van der Waals surface area contributed by atoms with Gasteiger partial charge in [-0.2, -0.15) is 0 Å². The first kappa shape index (κ1) is 17.8. The maximum Gasteiger partial charge on any atom is 0.290 e. The summed E-state index contributed by atoms with van der Waals surface area (Å²) in [6, 6.07) is 11.1. The molecule has 28 heavy (non-hydrogen) atoms. The van der Waals surface area contributed by atoms with Crippen LogP contribution in [0.3, 0.4) is 0 Å². The largest absolute Gasteiger partial charge is 0.503 e. The third kappa shape index (κ3) is 2.90. The molecule has 3 aromatic rings. The number of aliphatic hydroxyl groups excluding tert-OH is 1. The zero-order chi connectivity index (χ0) is 19.8. The molecule has 142 valence electrons. The van der Waals surface area contributed by atoms with Crippen molar-refractivity contribution >= 4 is 11.7 Å². The average molecular weight is 381 g/mol. The zero-order valence-corrected chi connectivity index (χ0v) is 14.9. The molecule has 3 heterocycles. The van der Waals surface area contributed by atoms with Gasteiger partial charge in [0.25, 0.3) is 5.91 Å². The average Bonchev–Trinajstić information content (AvgIpc) is 3.39. The topological polar surface area (TPSA) is 83.9 Å². The van der Waals surface area contributed by atoms with Crippen LogP contribution in [0.2, 0.25) is 0 Å². The fraction of sp³-hybridized carbons (Fsp3) is 0.143. The first-order valence-electron chi connectivity index (χ1n) is 8.59. The van der Waals surface area contributed by atoms with Gasteiger partial charge in [-0.3, -0.25) is 9.59 Å². The summed E-state index contributed by atoms with van der Waals surface area (Å²) in [6.07, 6.45) is 1.44. The van der Waals surface area contributed by atoms with Crippen LogP contribution < -0.4 is 0 Å². The normalized spacial score (nSPS) is 16.9. The van der Waals surface area contributed by atoms with Gasteiger partial charge in [-0.1, -0.05) is 18.2 Å². The number of amides is 1. The number of aryl methyl sites for hydroxylation is 1. The lowest BCUT2D eigenvalue weighted by molar-refractivity contribution is -0.130. The van der Waals surface area contributed by atoms with Crippen LogP contribution >= 0.6 is 0 Å². The van der Waals surface area contributed by atoms with E-state index in [9.17, 15) is 19.1 Å². The van der Waals surface area contributed by atoms with Gasteiger partial charge in [-0.05, 0) is 37.3 Å². The third-order valence-corrected chi connectivity index (χ3v) is 4.62. The number of hydrogen-bond donors (Lipinski definition) is 1. The molecule has 1 unspecified atom stereocenters. The molecule has 0 saturated carbocycles. The molecule has 0 saturated heterocycles. The molecular weight excluding hydrogens is 365 g/mol. The third-order valence-electron chi connectivity index (χ3n) is 4.62. The van der Waals surface area contributed by atoms with Crippen LogP contribution in [0.4, 0.5) is 4.39 Å². The Morgan fingerprint density at radius 3 is 2.61 bits per heavy atom. The molecule has 1 aromatic carbocycles. The highest BCUT2D eigenvalue weighted by Gasteiger charge is 2.45. The van der Waals surface area contributed by atoms with E-state index in [1.807, 2.05) is 0 Å². The number of carbonyl (C=O) groups is 2. The minimum atomic E-state index is -1.11. The fourth-order valence-corrected chi connectivity index (χ4v) is 3.33. The van der Waals surface area contributed by atoms with Gasteiger partial charge in [0.05, 0.1) is 24.4 Å². The van der Waals surface area contributed by atoms with Gasteiger partial charge >= 0.3 is 0 Å². The summed E-state index contributed by atoms with van der Waals surface area (Å²) in [5, 5.41) is 10.5.